The lowest BCUT2D eigenvalue weighted by molar-refractivity contribution is 0.481. The van der Waals surface area contributed by atoms with E-state index in [1.807, 2.05) is 0 Å². The highest BCUT2D eigenvalue weighted by molar-refractivity contribution is 14.1. The molecule has 0 aliphatic carbocycles. The second-order valence-electron chi connectivity index (χ2n) is 3.31. The van der Waals surface area contributed by atoms with Gasteiger partial charge in [-0.05, 0) is 60.2 Å². The molecule has 0 spiro atoms. The summed E-state index contributed by atoms with van der Waals surface area (Å²) in [5.41, 5.74) is 1.37. The molecule has 0 saturated carbocycles. The van der Waals surface area contributed by atoms with Crippen LogP contribution in [0.25, 0.3) is 0 Å². The van der Waals surface area contributed by atoms with Crippen LogP contribution in [0.2, 0.25) is 0 Å². The van der Waals surface area contributed by atoms with Gasteiger partial charge >= 0.3 is 0 Å². The summed E-state index contributed by atoms with van der Waals surface area (Å²) in [6, 6.07) is 9.49. The lowest BCUT2D eigenvalue weighted by atomic mass is 10.0. The lowest BCUT2D eigenvalue weighted by Crippen LogP contribution is -2.45. The summed E-state index contributed by atoms with van der Waals surface area (Å²) in [4.78, 5) is 2.44. The predicted molar refractivity (Wildman–Crippen MR) is 60.6 cm³/mol. The van der Waals surface area contributed by atoms with Crippen LogP contribution in [0.4, 0.5) is 5.69 Å². The van der Waals surface area contributed by atoms with E-state index in [2.05, 4.69) is 58.7 Å². The molecule has 1 saturated heterocycles. The monoisotopic (exact) mass is 273 g/mol. The second kappa shape index (κ2) is 3.24. The number of hydrogen-bond acceptors (Lipinski definition) is 1. The van der Waals surface area contributed by atoms with Crippen molar-refractivity contribution < 1.29 is 0 Å². The molecule has 1 atom stereocenters. The SMILES string of the molecule is CC1CCN1c1ccc(I)cc1. The highest BCUT2D eigenvalue weighted by atomic mass is 127. The van der Waals surface area contributed by atoms with E-state index in [-0.39, 0.29) is 0 Å². The molecule has 0 amide bonds. The normalized spacial score (nSPS) is 22.2. The average Bonchev–Trinajstić information content (AvgIpc) is 2.06. The van der Waals surface area contributed by atoms with Crippen LogP contribution >= 0.6 is 22.6 Å². The van der Waals surface area contributed by atoms with Gasteiger partial charge in [-0.15, -0.1) is 0 Å². The second-order valence-corrected chi connectivity index (χ2v) is 4.55. The smallest absolute Gasteiger partial charge is 0.0369 e. The highest BCUT2D eigenvalue weighted by Crippen LogP contribution is 2.26. The van der Waals surface area contributed by atoms with E-state index >= 15 is 0 Å². The third-order valence-electron chi connectivity index (χ3n) is 2.48. The first-order valence-electron chi connectivity index (χ1n) is 4.29. The van der Waals surface area contributed by atoms with E-state index < -0.39 is 0 Å². The first-order chi connectivity index (χ1) is 5.77. The van der Waals surface area contributed by atoms with E-state index in [4.69, 9.17) is 0 Å². The van der Waals surface area contributed by atoms with Crippen molar-refractivity contribution in [1.29, 1.82) is 0 Å². The van der Waals surface area contributed by atoms with Gasteiger partial charge in [0.05, 0.1) is 0 Å². The Bertz CT molecular complexity index is 268. The fourth-order valence-electron chi connectivity index (χ4n) is 1.53. The molecule has 12 heavy (non-hydrogen) atoms. The van der Waals surface area contributed by atoms with Gasteiger partial charge in [-0.25, -0.2) is 0 Å². The van der Waals surface area contributed by atoms with Crippen LogP contribution in [0.1, 0.15) is 13.3 Å². The minimum atomic E-state index is 0.741. The van der Waals surface area contributed by atoms with Crippen molar-refractivity contribution >= 4 is 28.3 Å². The van der Waals surface area contributed by atoms with Gasteiger partial charge in [0.1, 0.15) is 0 Å². The topological polar surface area (TPSA) is 3.24 Å². The van der Waals surface area contributed by atoms with E-state index in [0.29, 0.717) is 0 Å². The first kappa shape index (κ1) is 8.35. The number of anilines is 1. The summed E-state index contributed by atoms with van der Waals surface area (Å²) < 4.78 is 1.31. The van der Waals surface area contributed by atoms with Crippen LogP contribution in [0.3, 0.4) is 0 Å². The van der Waals surface area contributed by atoms with Gasteiger partial charge in [0.2, 0.25) is 0 Å². The van der Waals surface area contributed by atoms with Gasteiger partial charge in [-0.1, -0.05) is 0 Å². The van der Waals surface area contributed by atoms with Gasteiger partial charge in [0.25, 0.3) is 0 Å². The minimum absolute atomic E-state index is 0.741. The number of nitrogens with zero attached hydrogens (tertiary/aromatic N) is 1. The van der Waals surface area contributed by atoms with Crippen molar-refractivity contribution in [2.24, 2.45) is 0 Å². The molecule has 2 rings (SSSR count). The molecular formula is C10H12IN. The largest absolute Gasteiger partial charge is 0.369 e. The molecule has 1 heterocycles. The Labute approximate surface area is 86.9 Å². The molecule has 1 aromatic carbocycles. The van der Waals surface area contributed by atoms with Crippen molar-refractivity contribution in [1.82, 2.24) is 0 Å². The van der Waals surface area contributed by atoms with Gasteiger partial charge < -0.3 is 4.90 Å². The maximum Gasteiger partial charge on any atom is 0.0369 e. The minimum Gasteiger partial charge on any atom is -0.369 e. The number of hydrogen-bond donors (Lipinski definition) is 0. The third-order valence-corrected chi connectivity index (χ3v) is 3.20. The Morgan fingerprint density at radius 2 is 2.00 bits per heavy atom. The zero-order valence-corrected chi connectivity index (χ0v) is 9.28. The van der Waals surface area contributed by atoms with Crippen molar-refractivity contribution in [2.45, 2.75) is 19.4 Å². The molecular weight excluding hydrogens is 261 g/mol. The Morgan fingerprint density at radius 1 is 1.33 bits per heavy atom. The van der Waals surface area contributed by atoms with Crippen molar-refractivity contribution in [3.05, 3.63) is 27.8 Å². The standard InChI is InChI=1S/C10H12IN/c1-8-6-7-12(8)10-4-2-9(11)3-5-10/h2-5,8H,6-7H2,1H3. The molecule has 1 fully saturated rings. The van der Waals surface area contributed by atoms with Crippen molar-refractivity contribution in [3.8, 4) is 0 Å². The summed E-state index contributed by atoms with van der Waals surface area (Å²) >= 11 is 2.34. The van der Waals surface area contributed by atoms with E-state index in [9.17, 15) is 0 Å². The molecule has 1 aliphatic rings. The van der Waals surface area contributed by atoms with Crippen LogP contribution in [0.5, 0.6) is 0 Å². The molecule has 1 unspecified atom stereocenters. The summed E-state index contributed by atoms with van der Waals surface area (Å²) in [5, 5.41) is 0. The molecule has 0 radical (unpaired) electrons. The molecule has 0 bridgehead atoms. The van der Waals surface area contributed by atoms with Crippen LogP contribution in [-0.2, 0) is 0 Å². The highest BCUT2D eigenvalue weighted by Gasteiger charge is 2.22. The zero-order chi connectivity index (χ0) is 8.55. The van der Waals surface area contributed by atoms with Crippen LogP contribution in [0, 0.1) is 3.57 Å². The Balaban J connectivity index is 2.18. The van der Waals surface area contributed by atoms with Crippen LogP contribution < -0.4 is 4.90 Å². The summed E-state index contributed by atoms with van der Waals surface area (Å²) in [5.74, 6) is 0. The maximum absolute atomic E-state index is 2.44. The quantitative estimate of drug-likeness (QED) is 0.711. The third kappa shape index (κ3) is 1.44. The Morgan fingerprint density at radius 3 is 2.42 bits per heavy atom. The molecule has 0 N–H and O–H groups in total. The number of benzene rings is 1. The van der Waals surface area contributed by atoms with Crippen LogP contribution in [0.15, 0.2) is 24.3 Å². The molecule has 64 valence electrons. The van der Waals surface area contributed by atoms with E-state index in [1.165, 1.54) is 22.2 Å². The van der Waals surface area contributed by atoms with Gasteiger partial charge in [-0.3, -0.25) is 0 Å². The number of halogens is 1. The number of rotatable bonds is 1. The zero-order valence-electron chi connectivity index (χ0n) is 7.13. The summed E-state index contributed by atoms with van der Waals surface area (Å²) in [6.45, 7) is 3.50. The summed E-state index contributed by atoms with van der Waals surface area (Å²) in [6.07, 6.45) is 1.34. The maximum atomic E-state index is 2.44. The molecule has 2 heteroatoms. The van der Waals surface area contributed by atoms with Crippen molar-refractivity contribution in [3.63, 3.8) is 0 Å². The Hall–Kier alpha value is -0.250. The van der Waals surface area contributed by atoms with Gasteiger partial charge in [0.15, 0.2) is 0 Å². The fourth-order valence-corrected chi connectivity index (χ4v) is 1.89. The summed E-state index contributed by atoms with van der Waals surface area (Å²) in [7, 11) is 0. The van der Waals surface area contributed by atoms with Gasteiger partial charge in [0, 0.05) is 21.8 Å². The Kier molecular flexibility index (Phi) is 2.26. The van der Waals surface area contributed by atoms with Crippen LogP contribution in [-0.4, -0.2) is 12.6 Å². The molecule has 1 aromatic rings. The lowest BCUT2D eigenvalue weighted by Gasteiger charge is -2.40. The fraction of sp³-hybridized carbons (Fsp3) is 0.400. The average molecular weight is 273 g/mol. The van der Waals surface area contributed by atoms with E-state index in [0.717, 1.165) is 6.04 Å². The molecule has 1 aliphatic heterocycles. The molecule has 1 nitrogen and oxygen atoms in total. The van der Waals surface area contributed by atoms with Crippen molar-refractivity contribution in [2.75, 3.05) is 11.4 Å². The first-order valence-corrected chi connectivity index (χ1v) is 5.37. The molecule has 0 aromatic heterocycles. The van der Waals surface area contributed by atoms with Gasteiger partial charge in [-0.2, -0.15) is 0 Å². The van der Waals surface area contributed by atoms with E-state index in [1.54, 1.807) is 0 Å². The predicted octanol–water partition coefficient (Wildman–Crippen LogP) is 2.89.